The summed E-state index contributed by atoms with van der Waals surface area (Å²) < 4.78 is 15.0. The molecule has 0 unspecified atom stereocenters. The fourth-order valence-electron chi connectivity index (χ4n) is 4.60. The van der Waals surface area contributed by atoms with Crippen LogP contribution in [0.15, 0.2) is 84.9 Å². The summed E-state index contributed by atoms with van der Waals surface area (Å²) in [6.07, 6.45) is 0. The third-order valence-corrected chi connectivity index (χ3v) is 7.82. The van der Waals surface area contributed by atoms with E-state index in [-0.39, 0.29) is 0 Å². The Balaban J connectivity index is 1.76. The highest BCUT2D eigenvalue weighted by molar-refractivity contribution is 7.70. The van der Waals surface area contributed by atoms with Gasteiger partial charge in [0, 0.05) is 16.1 Å². The van der Waals surface area contributed by atoms with Crippen LogP contribution < -0.4 is 5.30 Å². The smallest absolute Gasteiger partial charge is 0.146 e. The fourth-order valence-corrected chi connectivity index (χ4v) is 5.47. The average molecular weight is 445 g/mol. The number of imidazole rings is 1. The Labute approximate surface area is 191 Å². The second-order valence-corrected chi connectivity index (χ2v) is 12.0. The molecule has 0 saturated heterocycles. The molecule has 6 aromatic rings. The van der Waals surface area contributed by atoms with E-state index in [9.17, 15) is 4.57 Å². The van der Waals surface area contributed by atoms with Gasteiger partial charge in [0.1, 0.15) is 12.8 Å². The molecule has 0 atom stereocenters. The van der Waals surface area contributed by atoms with Gasteiger partial charge in [-0.25, -0.2) is 4.98 Å². The fraction of sp³-hybridized carbons (Fsp3) is 0.0714. The first-order valence-electron chi connectivity index (χ1n) is 10.8. The standard InChI is InChI=1S/C28H20N3OP/c1-33(2,32)21-12-14-22-23-13-11-20(19-9-7-18(17-29)8-10-19)15-27(23)31-26-6-4-3-5-25(26)30-28(31)24(22)16-21/h3-16H,1-2H3. The molecule has 33 heavy (non-hydrogen) atoms. The molecule has 4 aromatic carbocycles. The minimum absolute atomic E-state index is 0.647. The summed E-state index contributed by atoms with van der Waals surface area (Å²) in [6, 6.07) is 30.5. The van der Waals surface area contributed by atoms with Gasteiger partial charge < -0.3 is 4.57 Å². The van der Waals surface area contributed by atoms with Crippen molar-refractivity contribution in [3.05, 3.63) is 90.5 Å². The Kier molecular flexibility index (Phi) is 4.21. The third kappa shape index (κ3) is 3.05. The molecule has 0 aliphatic rings. The molecule has 0 spiro atoms. The summed E-state index contributed by atoms with van der Waals surface area (Å²) >= 11 is 0. The van der Waals surface area contributed by atoms with Crippen molar-refractivity contribution in [1.29, 1.82) is 5.26 Å². The number of para-hydroxylation sites is 2. The third-order valence-electron chi connectivity index (χ3n) is 6.30. The van der Waals surface area contributed by atoms with Crippen LogP contribution in [0.3, 0.4) is 0 Å². The first-order valence-corrected chi connectivity index (χ1v) is 13.4. The van der Waals surface area contributed by atoms with Crippen LogP contribution in [0.4, 0.5) is 0 Å². The highest BCUT2D eigenvalue weighted by Gasteiger charge is 2.17. The van der Waals surface area contributed by atoms with Crippen LogP contribution in [-0.4, -0.2) is 22.7 Å². The number of hydrogen-bond donors (Lipinski definition) is 0. The van der Waals surface area contributed by atoms with Crippen molar-refractivity contribution < 1.29 is 4.57 Å². The SMILES string of the molecule is CP(C)(=O)c1ccc2c3ccc(-c4ccc(C#N)cc4)cc3n3c4ccccc4nc3c2c1. The Hall–Kier alpha value is -3.93. The highest BCUT2D eigenvalue weighted by atomic mass is 31.2. The van der Waals surface area contributed by atoms with Crippen LogP contribution in [0.1, 0.15) is 5.56 Å². The Morgan fingerprint density at radius 1 is 0.788 bits per heavy atom. The summed E-state index contributed by atoms with van der Waals surface area (Å²) in [5.41, 5.74) is 6.68. The van der Waals surface area contributed by atoms with Gasteiger partial charge in [0.15, 0.2) is 0 Å². The van der Waals surface area contributed by atoms with E-state index in [1.54, 1.807) is 13.3 Å². The maximum absolute atomic E-state index is 12.8. The highest BCUT2D eigenvalue weighted by Crippen LogP contribution is 2.39. The number of hydrogen-bond acceptors (Lipinski definition) is 3. The van der Waals surface area contributed by atoms with Crippen molar-refractivity contribution in [1.82, 2.24) is 9.38 Å². The van der Waals surface area contributed by atoms with E-state index in [2.05, 4.69) is 40.8 Å². The number of rotatable bonds is 2. The maximum Gasteiger partial charge on any atom is 0.146 e. The molecule has 0 fully saturated rings. The van der Waals surface area contributed by atoms with Gasteiger partial charge in [-0.2, -0.15) is 5.26 Å². The van der Waals surface area contributed by atoms with Gasteiger partial charge in [-0.15, -0.1) is 0 Å². The molecule has 5 heteroatoms. The second kappa shape index (κ2) is 7.04. The summed E-state index contributed by atoms with van der Waals surface area (Å²) in [4.78, 5) is 4.98. The predicted octanol–water partition coefficient (Wildman–Crippen LogP) is 6.58. The zero-order valence-corrected chi connectivity index (χ0v) is 19.2. The van der Waals surface area contributed by atoms with Crippen molar-refractivity contribution in [2.75, 3.05) is 13.3 Å². The summed E-state index contributed by atoms with van der Waals surface area (Å²) in [6.45, 7) is 3.61. The van der Waals surface area contributed by atoms with E-state index in [1.807, 2.05) is 54.6 Å². The number of nitriles is 1. The topological polar surface area (TPSA) is 58.2 Å². The van der Waals surface area contributed by atoms with Crippen LogP contribution in [0.2, 0.25) is 0 Å². The molecule has 0 aliphatic heterocycles. The molecular formula is C28H20N3OP. The molecule has 0 aliphatic carbocycles. The lowest BCUT2D eigenvalue weighted by molar-refractivity contribution is 0.588. The molecule has 4 nitrogen and oxygen atoms in total. The number of benzene rings is 4. The van der Waals surface area contributed by atoms with Crippen molar-refractivity contribution in [2.45, 2.75) is 0 Å². The first-order chi connectivity index (χ1) is 15.9. The van der Waals surface area contributed by atoms with E-state index in [4.69, 9.17) is 10.2 Å². The van der Waals surface area contributed by atoms with Crippen molar-refractivity contribution in [3.8, 4) is 17.2 Å². The normalized spacial score (nSPS) is 12.0. The predicted molar refractivity (Wildman–Crippen MR) is 137 cm³/mol. The molecule has 158 valence electrons. The maximum atomic E-state index is 12.8. The largest absolute Gasteiger partial charge is 0.319 e. The van der Waals surface area contributed by atoms with Gasteiger partial charge in [0.05, 0.1) is 28.2 Å². The van der Waals surface area contributed by atoms with Crippen LogP contribution in [0.25, 0.3) is 49.5 Å². The monoisotopic (exact) mass is 445 g/mol. The number of fused-ring (bicyclic) bond motifs is 8. The average Bonchev–Trinajstić information content (AvgIpc) is 3.23. The molecule has 0 saturated carbocycles. The molecule has 2 heterocycles. The Bertz CT molecular complexity index is 1820. The molecule has 0 radical (unpaired) electrons. The molecule has 0 amide bonds. The molecule has 0 bridgehead atoms. The van der Waals surface area contributed by atoms with Crippen molar-refractivity contribution in [2.24, 2.45) is 0 Å². The lowest BCUT2D eigenvalue weighted by atomic mass is 9.99. The van der Waals surface area contributed by atoms with E-state index < -0.39 is 7.14 Å². The zero-order valence-electron chi connectivity index (χ0n) is 18.3. The van der Waals surface area contributed by atoms with Gasteiger partial charge >= 0.3 is 0 Å². The number of aromatic nitrogens is 2. The Morgan fingerprint density at radius 3 is 2.27 bits per heavy atom. The van der Waals surface area contributed by atoms with Crippen molar-refractivity contribution >= 4 is 50.8 Å². The van der Waals surface area contributed by atoms with Crippen LogP contribution in [0.5, 0.6) is 0 Å². The van der Waals surface area contributed by atoms with E-state index in [1.165, 1.54) is 0 Å². The van der Waals surface area contributed by atoms with Gasteiger partial charge in [-0.3, -0.25) is 4.40 Å². The van der Waals surface area contributed by atoms with E-state index in [0.717, 1.165) is 54.8 Å². The van der Waals surface area contributed by atoms with Gasteiger partial charge in [-0.1, -0.05) is 48.5 Å². The summed E-state index contributed by atoms with van der Waals surface area (Å²) in [5.74, 6) is 0. The minimum Gasteiger partial charge on any atom is -0.319 e. The quantitative estimate of drug-likeness (QED) is 0.223. The first kappa shape index (κ1) is 19.7. The van der Waals surface area contributed by atoms with Crippen molar-refractivity contribution in [3.63, 3.8) is 0 Å². The van der Waals surface area contributed by atoms with Gasteiger partial charge in [0.2, 0.25) is 0 Å². The van der Waals surface area contributed by atoms with Gasteiger partial charge in [-0.05, 0) is 66.2 Å². The van der Waals surface area contributed by atoms with E-state index in [0.29, 0.717) is 5.56 Å². The molecular weight excluding hydrogens is 425 g/mol. The Morgan fingerprint density at radius 2 is 1.52 bits per heavy atom. The van der Waals surface area contributed by atoms with Crippen LogP contribution in [-0.2, 0) is 4.57 Å². The summed E-state index contributed by atoms with van der Waals surface area (Å²) in [5, 5.41) is 13.2. The second-order valence-electron chi connectivity index (χ2n) is 8.76. The number of nitrogens with zero attached hydrogens (tertiary/aromatic N) is 3. The van der Waals surface area contributed by atoms with Crippen LogP contribution in [0, 0.1) is 11.3 Å². The lowest BCUT2D eigenvalue weighted by Crippen LogP contribution is -2.03. The molecule has 2 aromatic heterocycles. The zero-order chi connectivity index (χ0) is 22.7. The number of pyridine rings is 1. The molecule has 6 rings (SSSR count). The lowest BCUT2D eigenvalue weighted by Gasteiger charge is -2.13. The van der Waals surface area contributed by atoms with E-state index >= 15 is 0 Å². The molecule has 0 N–H and O–H groups in total. The summed E-state index contributed by atoms with van der Waals surface area (Å²) in [7, 11) is -2.41. The minimum atomic E-state index is -2.41. The van der Waals surface area contributed by atoms with Crippen LogP contribution >= 0.6 is 7.14 Å². The van der Waals surface area contributed by atoms with Gasteiger partial charge in [0.25, 0.3) is 0 Å².